The fraction of sp³-hybridized carbons (Fsp3) is 0.486. The van der Waals surface area contributed by atoms with Gasteiger partial charge in [-0.05, 0) is 112 Å². The van der Waals surface area contributed by atoms with E-state index in [0.717, 1.165) is 23.3 Å². The van der Waals surface area contributed by atoms with Gasteiger partial charge >= 0.3 is 12.0 Å². The Labute approximate surface area is 296 Å². The molecule has 49 heavy (non-hydrogen) atoms. The van der Waals surface area contributed by atoms with Gasteiger partial charge in [0, 0.05) is 40.8 Å². The summed E-state index contributed by atoms with van der Waals surface area (Å²) in [6, 6.07) is 14.9. The molecule has 2 aliphatic rings. The number of pyridine rings is 1. The van der Waals surface area contributed by atoms with E-state index in [1.165, 1.54) is 49.3 Å². The number of amides is 2. The molecule has 1 atom stereocenters. The van der Waals surface area contributed by atoms with Gasteiger partial charge in [-0.15, -0.1) is 0 Å². The minimum Gasteiger partial charge on any atom is -0.493 e. The van der Waals surface area contributed by atoms with Crippen molar-refractivity contribution in [2.45, 2.75) is 94.2 Å². The van der Waals surface area contributed by atoms with E-state index in [-0.39, 0.29) is 19.1 Å². The SMILES string of the molecule is CC(C)(C)OC(=O)NC1CCN(C(=O)C(NSc2ccc(OCC3CCCCC3)cc2)C(F)(F)c2ccc(-c3ccc(Cl)cc3)cn2)CC1. The molecule has 2 aromatic carbocycles. The number of nitrogens with zero attached hydrogens (tertiary/aromatic N) is 2. The summed E-state index contributed by atoms with van der Waals surface area (Å²) in [4.78, 5) is 32.3. The van der Waals surface area contributed by atoms with E-state index in [2.05, 4.69) is 15.0 Å². The summed E-state index contributed by atoms with van der Waals surface area (Å²) in [6.07, 6.45) is 7.77. The Hall–Kier alpha value is -3.41. The van der Waals surface area contributed by atoms with Crippen molar-refractivity contribution in [3.8, 4) is 16.9 Å². The molecule has 2 fully saturated rings. The summed E-state index contributed by atoms with van der Waals surface area (Å²) in [5.41, 5.74) is 0.255. The van der Waals surface area contributed by atoms with Gasteiger partial charge in [-0.25, -0.2) is 9.52 Å². The van der Waals surface area contributed by atoms with Crippen LogP contribution in [0.4, 0.5) is 13.6 Å². The highest BCUT2D eigenvalue weighted by molar-refractivity contribution is 7.97. The number of alkyl halides is 2. The zero-order valence-corrected chi connectivity index (χ0v) is 29.8. The maximum absolute atomic E-state index is 16.4. The predicted octanol–water partition coefficient (Wildman–Crippen LogP) is 8.63. The normalized spacial score (nSPS) is 17.0. The molecule has 1 unspecified atom stereocenters. The molecule has 2 N–H and O–H groups in total. The highest BCUT2D eigenvalue weighted by atomic mass is 35.5. The summed E-state index contributed by atoms with van der Waals surface area (Å²) in [5, 5.41) is 3.39. The molecule has 1 aliphatic carbocycles. The second-order valence-electron chi connectivity index (χ2n) is 13.7. The van der Waals surface area contributed by atoms with Crippen molar-refractivity contribution in [2.24, 2.45) is 5.92 Å². The number of piperidine rings is 1. The highest BCUT2D eigenvalue weighted by Crippen LogP contribution is 2.35. The van der Waals surface area contributed by atoms with Crippen LogP contribution in [0.1, 0.15) is 71.4 Å². The maximum atomic E-state index is 16.4. The zero-order chi connectivity index (χ0) is 35.0. The van der Waals surface area contributed by atoms with E-state index in [1.807, 2.05) is 12.1 Å². The van der Waals surface area contributed by atoms with Gasteiger partial charge in [0.05, 0.1) is 6.61 Å². The molecule has 1 saturated carbocycles. The van der Waals surface area contributed by atoms with Gasteiger partial charge in [-0.1, -0.05) is 49.1 Å². The van der Waals surface area contributed by atoms with Crippen molar-refractivity contribution in [1.29, 1.82) is 0 Å². The first-order chi connectivity index (χ1) is 23.4. The van der Waals surface area contributed by atoms with E-state index in [9.17, 15) is 9.59 Å². The molecule has 8 nitrogen and oxygen atoms in total. The number of hydrogen-bond donors (Lipinski definition) is 2. The van der Waals surface area contributed by atoms with Crippen molar-refractivity contribution in [1.82, 2.24) is 19.9 Å². The van der Waals surface area contributed by atoms with E-state index in [0.29, 0.717) is 40.8 Å². The average molecular weight is 715 g/mol. The molecule has 1 aliphatic heterocycles. The molecule has 5 rings (SSSR count). The Balaban J connectivity index is 1.27. The first kappa shape index (κ1) is 36.9. The van der Waals surface area contributed by atoms with Crippen molar-refractivity contribution in [2.75, 3.05) is 19.7 Å². The van der Waals surface area contributed by atoms with Gasteiger partial charge in [0.15, 0.2) is 6.04 Å². The molecule has 1 aromatic heterocycles. The van der Waals surface area contributed by atoms with E-state index in [4.69, 9.17) is 21.1 Å². The van der Waals surface area contributed by atoms with E-state index >= 15 is 8.78 Å². The van der Waals surface area contributed by atoms with E-state index in [1.54, 1.807) is 63.2 Å². The summed E-state index contributed by atoms with van der Waals surface area (Å²) < 4.78 is 46.9. The first-order valence-corrected chi connectivity index (χ1v) is 18.1. The summed E-state index contributed by atoms with van der Waals surface area (Å²) >= 11 is 6.97. The number of halogens is 3. The summed E-state index contributed by atoms with van der Waals surface area (Å²) in [7, 11) is 0. The lowest BCUT2D eigenvalue weighted by atomic mass is 9.90. The van der Waals surface area contributed by atoms with Crippen LogP contribution in [-0.2, 0) is 15.5 Å². The van der Waals surface area contributed by atoms with Gasteiger partial charge < -0.3 is 19.7 Å². The first-order valence-electron chi connectivity index (χ1n) is 16.9. The Morgan fingerprint density at radius 1 is 0.939 bits per heavy atom. The second kappa shape index (κ2) is 16.5. The van der Waals surface area contributed by atoms with Crippen LogP contribution in [0.2, 0.25) is 5.02 Å². The van der Waals surface area contributed by atoms with Crippen molar-refractivity contribution >= 4 is 35.5 Å². The molecule has 1 saturated heterocycles. The van der Waals surface area contributed by atoms with Gasteiger partial charge in [0.25, 0.3) is 0 Å². The largest absolute Gasteiger partial charge is 0.493 e. The molecular formula is C37H45ClF2N4O4S. The van der Waals surface area contributed by atoms with Crippen molar-refractivity contribution in [3.05, 3.63) is 77.6 Å². The second-order valence-corrected chi connectivity index (χ2v) is 15.1. The molecule has 2 amide bonds. The highest BCUT2D eigenvalue weighted by Gasteiger charge is 2.49. The number of likely N-dealkylation sites (tertiary alicyclic amines) is 1. The van der Waals surface area contributed by atoms with Crippen molar-refractivity contribution < 1.29 is 27.8 Å². The van der Waals surface area contributed by atoms with Gasteiger partial charge in [-0.2, -0.15) is 8.78 Å². The van der Waals surface area contributed by atoms with Gasteiger partial charge in [0.2, 0.25) is 5.91 Å². The van der Waals surface area contributed by atoms with Crippen LogP contribution in [0.15, 0.2) is 71.8 Å². The third-order valence-electron chi connectivity index (χ3n) is 8.75. The predicted molar refractivity (Wildman–Crippen MR) is 189 cm³/mol. The Morgan fingerprint density at radius 3 is 2.20 bits per heavy atom. The van der Waals surface area contributed by atoms with Crippen LogP contribution in [0.5, 0.6) is 5.75 Å². The minimum atomic E-state index is -3.66. The number of carbonyl (C=O) groups is 2. The summed E-state index contributed by atoms with van der Waals surface area (Å²) in [5.74, 6) is -3.12. The third kappa shape index (κ3) is 10.5. The number of nitrogens with one attached hydrogen (secondary N) is 2. The number of ether oxygens (including phenoxy) is 2. The lowest BCUT2D eigenvalue weighted by Crippen LogP contribution is -2.56. The average Bonchev–Trinajstić information content (AvgIpc) is 3.08. The van der Waals surface area contributed by atoms with E-state index < -0.39 is 35.3 Å². The van der Waals surface area contributed by atoms with Crippen LogP contribution in [0, 0.1) is 5.92 Å². The molecule has 12 heteroatoms. The number of carbonyl (C=O) groups excluding carboxylic acids is 2. The van der Waals surface area contributed by atoms with Gasteiger partial charge in [-0.3, -0.25) is 9.78 Å². The molecular weight excluding hydrogens is 670 g/mol. The number of aromatic nitrogens is 1. The molecule has 0 spiro atoms. The number of hydrogen-bond acceptors (Lipinski definition) is 7. The van der Waals surface area contributed by atoms with Gasteiger partial charge in [0.1, 0.15) is 17.0 Å². The molecule has 264 valence electrons. The van der Waals surface area contributed by atoms with Crippen LogP contribution in [0.25, 0.3) is 11.1 Å². The number of benzene rings is 2. The fourth-order valence-electron chi connectivity index (χ4n) is 6.03. The Morgan fingerprint density at radius 2 is 1.59 bits per heavy atom. The standard InChI is InChI=1S/C37H45ClF2N4O4S/c1-36(2,3)48-35(46)42-29-19-21-44(22-20-29)34(45)33(37(39,40)32-18-11-27(23-41-32)26-9-12-28(38)13-10-26)43-49-31-16-14-30(15-17-31)47-24-25-7-5-4-6-8-25/h9-18,23,25,29,33,43H,4-8,19-22,24H2,1-3H3,(H,42,46). The third-order valence-corrected chi connectivity index (χ3v) is 9.86. The minimum absolute atomic E-state index is 0.203. The van der Waals surface area contributed by atoms with Crippen LogP contribution in [-0.4, -0.2) is 59.3 Å². The van der Waals surface area contributed by atoms with Crippen LogP contribution < -0.4 is 14.8 Å². The molecule has 0 radical (unpaired) electrons. The van der Waals surface area contributed by atoms with Crippen LogP contribution in [0.3, 0.4) is 0 Å². The number of alkyl carbamates (subject to hydrolysis) is 1. The Bertz CT molecular complexity index is 1520. The van der Waals surface area contributed by atoms with Crippen molar-refractivity contribution in [3.63, 3.8) is 0 Å². The number of rotatable bonds is 11. The quantitative estimate of drug-likeness (QED) is 0.192. The zero-order valence-electron chi connectivity index (χ0n) is 28.2. The molecule has 0 bridgehead atoms. The molecule has 3 aromatic rings. The maximum Gasteiger partial charge on any atom is 0.407 e. The summed E-state index contributed by atoms with van der Waals surface area (Å²) in [6.45, 7) is 6.41. The lowest BCUT2D eigenvalue weighted by Gasteiger charge is -2.36. The fourth-order valence-corrected chi connectivity index (χ4v) is 6.93. The monoisotopic (exact) mass is 714 g/mol. The Kier molecular flexibility index (Phi) is 12.4. The molecule has 2 heterocycles. The van der Waals surface area contributed by atoms with Crippen LogP contribution >= 0.6 is 23.5 Å². The topological polar surface area (TPSA) is 92.8 Å². The smallest absolute Gasteiger partial charge is 0.407 e. The lowest BCUT2D eigenvalue weighted by molar-refractivity contribution is -0.145.